The van der Waals surface area contributed by atoms with Crippen LogP contribution in [-0.4, -0.2) is 46.1 Å². The Labute approximate surface area is 142 Å². The monoisotopic (exact) mass is 422 g/mol. The third-order valence-electron chi connectivity index (χ3n) is 5.09. The van der Waals surface area contributed by atoms with E-state index in [0.717, 1.165) is 0 Å². The molecule has 0 saturated carbocycles. The fraction of sp³-hybridized carbons (Fsp3) is 1.00. The van der Waals surface area contributed by atoms with Gasteiger partial charge in [0.2, 0.25) is 0 Å². The first kappa shape index (κ1) is 20.7. The van der Waals surface area contributed by atoms with E-state index in [1.165, 1.54) is 51.8 Å². The van der Waals surface area contributed by atoms with Crippen LogP contribution in [-0.2, 0) is 9.47 Å². The maximum atomic E-state index is 11.3. The van der Waals surface area contributed by atoms with E-state index in [1.54, 1.807) is 0 Å². The summed E-state index contributed by atoms with van der Waals surface area (Å²) in [5, 5.41) is 11.3. The van der Waals surface area contributed by atoms with E-state index in [2.05, 4.69) is 20.8 Å². The Morgan fingerprint density at radius 1 is 1.00 bits per heavy atom. The van der Waals surface area contributed by atoms with Gasteiger partial charge in [0.05, 0.1) is 0 Å². The molecule has 0 bridgehead atoms. The zero-order chi connectivity index (χ0) is 16.6. The average Bonchev–Trinajstić information content (AvgIpc) is 2.86. The molecule has 1 aliphatic heterocycles. The summed E-state index contributed by atoms with van der Waals surface area (Å²) in [7, 11) is 0. The Balaban J connectivity index is 2.87. The van der Waals surface area contributed by atoms with Gasteiger partial charge in [-0.3, -0.25) is 0 Å². The van der Waals surface area contributed by atoms with Crippen molar-refractivity contribution in [3.63, 3.8) is 0 Å². The third kappa shape index (κ3) is 5.95. The van der Waals surface area contributed by atoms with Crippen molar-refractivity contribution in [2.24, 2.45) is 0 Å². The van der Waals surface area contributed by atoms with E-state index in [0.29, 0.717) is 6.61 Å². The normalized spacial score (nSPS) is 22.9. The van der Waals surface area contributed by atoms with Crippen molar-refractivity contribution in [2.45, 2.75) is 102 Å². The summed E-state index contributed by atoms with van der Waals surface area (Å²) >= 11 is -2.63. The van der Waals surface area contributed by atoms with Gasteiger partial charge in [0.25, 0.3) is 0 Å². The van der Waals surface area contributed by atoms with Crippen LogP contribution in [0.15, 0.2) is 0 Å². The van der Waals surface area contributed by atoms with Crippen molar-refractivity contribution >= 4 is 18.4 Å². The van der Waals surface area contributed by atoms with Gasteiger partial charge in [0, 0.05) is 0 Å². The molecule has 22 heavy (non-hydrogen) atoms. The average molecular weight is 421 g/mol. The fourth-order valence-corrected chi connectivity index (χ4v) is 20.1. The Morgan fingerprint density at radius 2 is 1.45 bits per heavy atom. The van der Waals surface area contributed by atoms with E-state index in [9.17, 15) is 5.11 Å². The summed E-state index contributed by atoms with van der Waals surface area (Å²) in [5.41, 5.74) is 0. The van der Waals surface area contributed by atoms with E-state index in [1.807, 2.05) is 13.8 Å². The topological polar surface area (TPSA) is 38.7 Å². The van der Waals surface area contributed by atoms with Crippen LogP contribution in [0.2, 0.25) is 13.3 Å². The van der Waals surface area contributed by atoms with Gasteiger partial charge >= 0.3 is 142 Å². The molecule has 0 unspecified atom stereocenters. The maximum absolute atomic E-state index is 11.3. The summed E-state index contributed by atoms with van der Waals surface area (Å²) in [6.07, 6.45) is 7.44. The molecule has 0 amide bonds. The summed E-state index contributed by atoms with van der Waals surface area (Å²) in [4.78, 5) is 0. The van der Waals surface area contributed by atoms with Crippen LogP contribution in [0, 0.1) is 0 Å². The van der Waals surface area contributed by atoms with Gasteiger partial charge in [0.15, 0.2) is 0 Å². The molecule has 0 aromatic heterocycles. The summed E-state index contributed by atoms with van der Waals surface area (Å²) in [5.74, 6) is -0.524. The van der Waals surface area contributed by atoms with Gasteiger partial charge < -0.3 is 0 Å². The number of ether oxygens (including phenoxy) is 2. The van der Waals surface area contributed by atoms with Crippen LogP contribution in [0.1, 0.15) is 73.1 Å². The van der Waals surface area contributed by atoms with Crippen LogP contribution >= 0.6 is 0 Å². The minimum absolute atomic E-state index is 0.0867. The van der Waals surface area contributed by atoms with Gasteiger partial charge in [-0.1, -0.05) is 0 Å². The molecular weight excluding hydrogens is 383 g/mol. The zero-order valence-electron chi connectivity index (χ0n) is 15.5. The first-order chi connectivity index (χ1) is 10.4. The molecule has 0 aromatic rings. The molecule has 1 aliphatic rings. The van der Waals surface area contributed by atoms with Crippen molar-refractivity contribution in [2.75, 3.05) is 6.61 Å². The van der Waals surface area contributed by atoms with Gasteiger partial charge in [-0.2, -0.15) is 0 Å². The van der Waals surface area contributed by atoms with Crippen LogP contribution in [0.25, 0.3) is 0 Å². The summed E-state index contributed by atoms with van der Waals surface area (Å²) in [6.45, 7) is 11.3. The molecular formula is C18H38O3Sn. The number of hydrogen-bond acceptors (Lipinski definition) is 3. The number of aliphatic hydroxyl groups excluding tert-OH is 1. The molecule has 1 fully saturated rings. The number of hydrogen-bond donors (Lipinski definition) is 1. The summed E-state index contributed by atoms with van der Waals surface area (Å²) in [6, 6.07) is 0. The van der Waals surface area contributed by atoms with E-state index in [-0.39, 0.29) is 10.2 Å². The van der Waals surface area contributed by atoms with Gasteiger partial charge in [-0.15, -0.1) is 0 Å². The molecule has 132 valence electrons. The van der Waals surface area contributed by atoms with Crippen LogP contribution in [0.5, 0.6) is 0 Å². The minimum atomic E-state index is -2.63. The van der Waals surface area contributed by atoms with Crippen LogP contribution in [0.3, 0.4) is 0 Å². The third-order valence-corrected chi connectivity index (χ3v) is 21.3. The van der Waals surface area contributed by atoms with Crippen molar-refractivity contribution in [3.8, 4) is 0 Å². The number of rotatable bonds is 11. The second-order valence-corrected chi connectivity index (χ2v) is 21.2. The standard InChI is InChI=1S/C6H11O3.3C4H9.Sn/c1-6(2)8-4-5(3-7)9-6;3*1-3-4-2;/h3,5,7H,4H2,1-2H3;3*1,3-4H2,2H3;/t5-;;;;/m0..../s1. The molecule has 0 spiro atoms. The van der Waals surface area contributed by atoms with Gasteiger partial charge in [-0.25, -0.2) is 0 Å². The quantitative estimate of drug-likeness (QED) is 0.483. The van der Waals surface area contributed by atoms with Crippen LogP contribution < -0.4 is 0 Å². The van der Waals surface area contributed by atoms with E-state index < -0.39 is 24.2 Å². The first-order valence-electron chi connectivity index (χ1n) is 9.40. The molecule has 1 N–H and O–H groups in total. The van der Waals surface area contributed by atoms with E-state index in [4.69, 9.17) is 9.47 Å². The number of unbranched alkanes of at least 4 members (excludes halogenated alkanes) is 3. The molecule has 3 nitrogen and oxygen atoms in total. The predicted molar refractivity (Wildman–Crippen MR) is 95.8 cm³/mol. The van der Waals surface area contributed by atoms with E-state index >= 15 is 0 Å². The van der Waals surface area contributed by atoms with Crippen molar-refractivity contribution in [3.05, 3.63) is 0 Å². The number of aliphatic hydroxyl groups is 1. The second-order valence-electron chi connectivity index (χ2n) is 7.49. The summed E-state index contributed by atoms with van der Waals surface area (Å²) < 4.78 is 15.5. The molecule has 0 radical (unpaired) electrons. The molecule has 0 aliphatic carbocycles. The molecule has 4 heteroatoms. The Bertz CT molecular complexity index is 285. The fourth-order valence-electron chi connectivity index (χ4n) is 3.67. The zero-order valence-corrected chi connectivity index (χ0v) is 18.3. The van der Waals surface area contributed by atoms with Crippen LogP contribution in [0.4, 0.5) is 0 Å². The molecule has 1 heterocycles. The van der Waals surface area contributed by atoms with Gasteiger partial charge in [-0.05, 0) is 0 Å². The van der Waals surface area contributed by atoms with Crippen molar-refractivity contribution in [1.29, 1.82) is 0 Å². The van der Waals surface area contributed by atoms with Crippen molar-refractivity contribution in [1.82, 2.24) is 0 Å². The Kier molecular flexibility index (Phi) is 9.28. The molecule has 2 atom stereocenters. The SMILES string of the molecule is CCC[CH2][Sn]([CH2]CCC)([CH2]CCC)[C@H](O)[C@H]1COC(C)(C)O1. The Hall–Kier alpha value is 0.679. The van der Waals surface area contributed by atoms with Gasteiger partial charge in [0.1, 0.15) is 0 Å². The first-order valence-corrected chi connectivity index (χ1v) is 17.1. The molecule has 1 saturated heterocycles. The molecule has 0 aromatic carbocycles. The Morgan fingerprint density at radius 3 is 1.77 bits per heavy atom. The molecule has 1 rings (SSSR count). The second kappa shape index (κ2) is 9.85. The predicted octanol–water partition coefficient (Wildman–Crippen LogP) is 4.89. The van der Waals surface area contributed by atoms with Crippen molar-refractivity contribution < 1.29 is 14.6 Å².